The van der Waals surface area contributed by atoms with E-state index in [0.717, 1.165) is 22.9 Å². The van der Waals surface area contributed by atoms with Crippen LogP contribution in [0, 0.1) is 0 Å². The molecule has 0 saturated carbocycles. The number of hydrogen-bond donors (Lipinski definition) is 2. The molecule has 104 valence electrons. The van der Waals surface area contributed by atoms with E-state index in [0.29, 0.717) is 5.56 Å². The summed E-state index contributed by atoms with van der Waals surface area (Å²) < 4.78 is 1.82. The largest absolute Gasteiger partial charge is 0.322 e. The second kappa shape index (κ2) is 5.41. The molecule has 0 spiro atoms. The second-order valence-corrected chi connectivity index (χ2v) is 4.31. The van der Waals surface area contributed by atoms with Crippen molar-refractivity contribution in [1.29, 1.82) is 0 Å². The molecular weight excluding hydrogens is 268 g/mol. The number of amides is 1. The van der Waals surface area contributed by atoms with Gasteiger partial charge in [0.25, 0.3) is 5.91 Å². The number of aromatic nitrogens is 3. The summed E-state index contributed by atoms with van der Waals surface area (Å²) in [6.45, 7) is 0. The normalized spacial score (nSPS) is 11.0. The highest BCUT2D eigenvalue weighted by Crippen LogP contribution is 2.19. The third kappa shape index (κ3) is 2.44. The molecule has 0 aliphatic carbocycles. The van der Waals surface area contributed by atoms with Crippen molar-refractivity contribution in [2.45, 2.75) is 0 Å². The first-order valence-electron chi connectivity index (χ1n) is 6.21. The Balaban J connectivity index is 2.00. The van der Waals surface area contributed by atoms with Crippen molar-refractivity contribution in [2.75, 3.05) is 0 Å². The Morgan fingerprint density at radius 3 is 3.05 bits per heavy atom. The monoisotopic (exact) mass is 280 g/mol. The highest BCUT2D eigenvalue weighted by molar-refractivity contribution is 6.00. The smallest absolute Gasteiger partial charge is 0.257 e. The van der Waals surface area contributed by atoms with Crippen molar-refractivity contribution in [3.05, 3.63) is 54.5 Å². The third-order valence-electron chi connectivity index (χ3n) is 3.03. The number of benzene rings is 1. The number of carbonyl (C=O) groups excluding carboxylic acids is 1. The molecule has 0 radical (unpaired) electrons. The van der Waals surface area contributed by atoms with Crippen molar-refractivity contribution in [2.24, 2.45) is 10.9 Å². The van der Waals surface area contributed by atoms with E-state index in [4.69, 9.17) is 5.84 Å². The fourth-order valence-corrected chi connectivity index (χ4v) is 2.06. The van der Waals surface area contributed by atoms with Gasteiger partial charge >= 0.3 is 0 Å². The number of nitrogens with zero attached hydrogens (tertiary/aromatic N) is 4. The van der Waals surface area contributed by atoms with Crippen LogP contribution in [0.3, 0.4) is 0 Å². The van der Waals surface area contributed by atoms with Crippen molar-refractivity contribution in [1.82, 2.24) is 20.1 Å². The average Bonchev–Trinajstić information content (AvgIpc) is 3.02. The van der Waals surface area contributed by atoms with Crippen LogP contribution in [0.5, 0.6) is 0 Å². The molecule has 0 unspecified atom stereocenters. The fraction of sp³-hybridized carbons (Fsp3) is 0. The van der Waals surface area contributed by atoms with Gasteiger partial charge in [-0.15, -0.1) is 0 Å². The van der Waals surface area contributed by atoms with Gasteiger partial charge in [-0.3, -0.25) is 4.79 Å². The SMILES string of the molecule is NN=CNC(=O)c1ccn(-c2cnnc3ccccc23)c1. The zero-order chi connectivity index (χ0) is 14.7. The molecule has 0 fully saturated rings. The lowest BCUT2D eigenvalue weighted by Crippen LogP contribution is -2.21. The Kier molecular flexibility index (Phi) is 3.30. The lowest BCUT2D eigenvalue weighted by Gasteiger charge is -2.05. The maximum absolute atomic E-state index is 11.8. The summed E-state index contributed by atoms with van der Waals surface area (Å²) in [5, 5.41) is 14.7. The van der Waals surface area contributed by atoms with Crippen LogP contribution in [0.1, 0.15) is 10.4 Å². The molecule has 3 rings (SSSR count). The minimum atomic E-state index is -0.283. The van der Waals surface area contributed by atoms with Gasteiger partial charge in [0.2, 0.25) is 0 Å². The second-order valence-electron chi connectivity index (χ2n) is 4.31. The summed E-state index contributed by atoms with van der Waals surface area (Å²) in [5.41, 5.74) is 2.15. The van der Waals surface area contributed by atoms with Crippen LogP contribution in [0.15, 0.2) is 54.0 Å². The summed E-state index contributed by atoms with van der Waals surface area (Å²) in [4.78, 5) is 11.8. The zero-order valence-corrected chi connectivity index (χ0v) is 11.0. The first-order valence-corrected chi connectivity index (χ1v) is 6.21. The summed E-state index contributed by atoms with van der Waals surface area (Å²) >= 11 is 0. The molecule has 21 heavy (non-hydrogen) atoms. The van der Waals surface area contributed by atoms with Gasteiger partial charge in [-0.1, -0.05) is 18.2 Å². The van der Waals surface area contributed by atoms with Crippen LogP contribution in [-0.2, 0) is 0 Å². The van der Waals surface area contributed by atoms with Gasteiger partial charge in [-0.05, 0) is 12.1 Å². The van der Waals surface area contributed by atoms with Crippen molar-refractivity contribution in [3.63, 3.8) is 0 Å². The van der Waals surface area contributed by atoms with Crippen LogP contribution in [-0.4, -0.2) is 27.0 Å². The Morgan fingerprint density at radius 2 is 2.19 bits per heavy atom. The molecule has 0 bridgehead atoms. The molecule has 0 atom stereocenters. The topological polar surface area (TPSA) is 98.2 Å². The van der Waals surface area contributed by atoms with Crippen molar-refractivity contribution in [3.8, 4) is 5.69 Å². The predicted octanol–water partition coefficient (Wildman–Crippen LogP) is 1.05. The molecule has 3 aromatic rings. The van der Waals surface area contributed by atoms with Crippen molar-refractivity contribution >= 4 is 23.1 Å². The standard InChI is InChI=1S/C14H12N6O/c15-17-9-16-14(21)10-5-6-20(8-10)13-7-18-19-12-4-2-1-3-11(12)13/h1-9H,15H2,(H,16,17,21). The predicted molar refractivity (Wildman–Crippen MR) is 79.0 cm³/mol. The molecule has 1 aromatic carbocycles. The molecule has 0 aliphatic heterocycles. The van der Waals surface area contributed by atoms with E-state index in [9.17, 15) is 4.79 Å². The summed E-state index contributed by atoms with van der Waals surface area (Å²) in [6, 6.07) is 9.39. The summed E-state index contributed by atoms with van der Waals surface area (Å²) in [7, 11) is 0. The first-order chi connectivity index (χ1) is 10.3. The number of nitrogens with two attached hydrogens (primary N) is 1. The zero-order valence-electron chi connectivity index (χ0n) is 11.0. The van der Waals surface area contributed by atoms with Gasteiger partial charge in [0.1, 0.15) is 6.34 Å². The average molecular weight is 280 g/mol. The van der Waals surface area contributed by atoms with E-state index in [1.807, 2.05) is 28.8 Å². The van der Waals surface area contributed by atoms with Gasteiger partial charge in [-0.2, -0.15) is 15.3 Å². The molecule has 2 aromatic heterocycles. The van der Waals surface area contributed by atoms with E-state index in [2.05, 4.69) is 20.6 Å². The van der Waals surface area contributed by atoms with E-state index in [1.54, 1.807) is 24.7 Å². The van der Waals surface area contributed by atoms with E-state index in [1.165, 1.54) is 0 Å². The lowest BCUT2D eigenvalue weighted by atomic mass is 10.2. The number of fused-ring (bicyclic) bond motifs is 1. The molecule has 7 nitrogen and oxygen atoms in total. The maximum Gasteiger partial charge on any atom is 0.257 e. The highest BCUT2D eigenvalue weighted by atomic mass is 16.1. The summed E-state index contributed by atoms with van der Waals surface area (Å²) in [6.07, 6.45) is 6.30. The van der Waals surface area contributed by atoms with Gasteiger partial charge in [-0.25, -0.2) is 0 Å². The molecule has 0 saturated heterocycles. The Hall–Kier alpha value is -3.22. The van der Waals surface area contributed by atoms with Gasteiger partial charge < -0.3 is 15.7 Å². The van der Waals surface area contributed by atoms with Crippen LogP contribution < -0.4 is 11.2 Å². The van der Waals surface area contributed by atoms with Gasteiger partial charge in [0.05, 0.1) is 23.0 Å². The molecule has 1 amide bonds. The quantitative estimate of drug-likeness (QED) is 0.324. The molecular formula is C14H12N6O. The molecule has 2 heterocycles. The molecule has 3 N–H and O–H groups in total. The van der Waals surface area contributed by atoms with E-state index < -0.39 is 0 Å². The molecule has 0 aliphatic rings. The summed E-state index contributed by atoms with van der Waals surface area (Å²) in [5.74, 6) is 4.66. The number of rotatable bonds is 3. The highest BCUT2D eigenvalue weighted by Gasteiger charge is 2.09. The minimum absolute atomic E-state index is 0.283. The third-order valence-corrected chi connectivity index (χ3v) is 3.03. The Labute approximate surface area is 120 Å². The van der Waals surface area contributed by atoms with Crippen LogP contribution in [0.4, 0.5) is 0 Å². The minimum Gasteiger partial charge on any atom is -0.322 e. The number of carbonyl (C=O) groups is 1. The van der Waals surface area contributed by atoms with Gasteiger partial charge in [0, 0.05) is 17.8 Å². The van der Waals surface area contributed by atoms with Crippen LogP contribution in [0.2, 0.25) is 0 Å². The number of hydrazone groups is 1. The lowest BCUT2D eigenvalue weighted by molar-refractivity contribution is 0.0978. The Morgan fingerprint density at radius 1 is 1.33 bits per heavy atom. The first kappa shape index (κ1) is 12.8. The molecule has 7 heteroatoms. The van der Waals surface area contributed by atoms with Crippen LogP contribution in [0.25, 0.3) is 16.6 Å². The van der Waals surface area contributed by atoms with E-state index >= 15 is 0 Å². The van der Waals surface area contributed by atoms with Crippen molar-refractivity contribution < 1.29 is 4.79 Å². The number of hydrogen-bond acceptors (Lipinski definition) is 5. The fourth-order valence-electron chi connectivity index (χ4n) is 2.06. The van der Waals surface area contributed by atoms with Gasteiger partial charge in [0.15, 0.2) is 0 Å². The number of nitrogens with one attached hydrogen (secondary N) is 1. The van der Waals surface area contributed by atoms with E-state index in [-0.39, 0.29) is 5.91 Å². The Bertz CT molecular complexity index is 818. The maximum atomic E-state index is 11.8. The van der Waals surface area contributed by atoms with Crippen LogP contribution >= 0.6 is 0 Å².